The number of benzene rings is 2. The predicted molar refractivity (Wildman–Crippen MR) is 132 cm³/mol. The van der Waals surface area contributed by atoms with Crippen LogP contribution in [0.1, 0.15) is 36.0 Å². The van der Waals surface area contributed by atoms with Gasteiger partial charge in [-0.2, -0.15) is 4.98 Å². The van der Waals surface area contributed by atoms with Crippen LogP contribution in [-0.4, -0.2) is 44.9 Å². The molecule has 4 aromatic rings. The van der Waals surface area contributed by atoms with E-state index in [1.165, 1.54) is 25.9 Å². The summed E-state index contributed by atoms with van der Waals surface area (Å²) >= 11 is 6.03. The molecule has 33 heavy (non-hydrogen) atoms. The van der Waals surface area contributed by atoms with Crippen LogP contribution >= 0.6 is 11.6 Å². The Morgan fingerprint density at radius 1 is 0.970 bits per heavy atom. The molecule has 0 aliphatic carbocycles. The highest BCUT2D eigenvalue weighted by Gasteiger charge is 2.13. The lowest BCUT2D eigenvalue weighted by atomic mass is 10.1. The topological polar surface area (TPSA) is 62.5 Å². The molecule has 1 aliphatic rings. The lowest BCUT2D eigenvalue weighted by molar-refractivity contribution is 0.0976. The number of nitrogens with one attached hydrogen (secondary N) is 1. The van der Waals surface area contributed by atoms with Crippen LogP contribution in [0.4, 0.5) is 11.6 Å². The van der Waals surface area contributed by atoms with Crippen LogP contribution in [-0.2, 0) is 0 Å². The van der Waals surface area contributed by atoms with Gasteiger partial charge >= 0.3 is 0 Å². The number of rotatable bonds is 8. The molecule has 0 saturated carbocycles. The first kappa shape index (κ1) is 21.6. The van der Waals surface area contributed by atoms with Gasteiger partial charge in [-0.05, 0) is 87.4 Å². The van der Waals surface area contributed by atoms with Crippen molar-refractivity contribution < 1.29 is 4.79 Å². The number of halogens is 1. The smallest absolute Gasteiger partial charge is 0.247 e. The highest BCUT2D eigenvalue weighted by Crippen LogP contribution is 2.24. The summed E-state index contributed by atoms with van der Waals surface area (Å²) in [6.45, 7) is 3.36. The lowest BCUT2D eigenvalue weighted by Crippen LogP contribution is -2.21. The number of carbonyl (C=O) groups is 1. The highest BCUT2D eigenvalue weighted by molar-refractivity contribution is 6.30. The van der Waals surface area contributed by atoms with Crippen LogP contribution in [0.2, 0.25) is 5.02 Å². The number of aromatic nitrogens is 3. The Hall–Kier alpha value is -3.22. The number of hydrogen-bond donors (Lipinski definition) is 1. The number of Topliss-reactive ketones (excluding diaryl/α,β-unsaturated/α-hetero) is 1. The molecule has 0 radical (unpaired) electrons. The maximum atomic E-state index is 12.5. The first-order valence-electron chi connectivity index (χ1n) is 11.4. The molecule has 1 aliphatic heterocycles. The van der Waals surface area contributed by atoms with Crippen LogP contribution < -0.4 is 5.32 Å². The molecule has 0 bridgehead atoms. The first-order valence-corrected chi connectivity index (χ1v) is 11.8. The number of hydrogen-bond acceptors (Lipinski definition) is 5. The minimum atomic E-state index is 0.194. The number of nitrogens with zero attached hydrogens (tertiary/aromatic N) is 4. The van der Waals surface area contributed by atoms with Gasteiger partial charge in [-0.3, -0.25) is 4.79 Å². The van der Waals surface area contributed by atoms with Gasteiger partial charge in [0, 0.05) is 28.3 Å². The molecule has 1 fully saturated rings. The molecule has 0 amide bonds. The van der Waals surface area contributed by atoms with Gasteiger partial charge in [-0.15, -0.1) is 5.10 Å². The monoisotopic (exact) mass is 459 g/mol. The van der Waals surface area contributed by atoms with Gasteiger partial charge in [-0.25, -0.2) is 4.52 Å². The Labute approximate surface area is 198 Å². The quantitative estimate of drug-likeness (QED) is 0.335. The predicted octanol–water partition coefficient (Wildman–Crippen LogP) is 5.85. The maximum absolute atomic E-state index is 12.5. The second-order valence-corrected chi connectivity index (χ2v) is 8.84. The maximum Gasteiger partial charge on any atom is 0.247 e. The molecule has 1 saturated heterocycles. The highest BCUT2D eigenvalue weighted by atomic mass is 35.5. The molecule has 5 rings (SSSR count). The van der Waals surface area contributed by atoms with Crippen molar-refractivity contribution in [2.24, 2.45) is 0 Å². The molecule has 0 unspecified atom stereocenters. The number of ketones is 1. The normalized spacial score (nSPS) is 14.1. The van der Waals surface area contributed by atoms with Gasteiger partial charge < -0.3 is 10.2 Å². The van der Waals surface area contributed by atoms with Crippen molar-refractivity contribution in [2.45, 2.75) is 25.7 Å². The van der Waals surface area contributed by atoms with Crippen molar-refractivity contribution in [3.63, 3.8) is 0 Å². The third-order valence-corrected chi connectivity index (χ3v) is 6.29. The van der Waals surface area contributed by atoms with Crippen LogP contribution in [0.3, 0.4) is 0 Å². The van der Waals surface area contributed by atoms with E-state index in [-0.39, 0.29) is 5.78 Å². The summed E-state index contributed by atoms with van der Waals surface area (Å²) in [6, 6.07) is 21.1. The standard InChI is InChI=1S/C26H26ClN5O/c27-21-12-8-19(9-13-21)23-5-3-7-25-29-26(30-32(23)25)28-22-14-10-20(11-15-22)24(33)6-4-18-31-16-1-2-17-31/h3,5,7-15H,1-2,4,6,16-18H2,(H,28,30). The summed E-state index contributed by atoms with van der Waals surface area (Å²) in [5.74, 6) is 0.695. The Morgan fingerprint density at radius 3 is 2.48 bits per heavy atom. The molecule has 3 heterocycles. The summed E-state index contributed by atoms with van der Waals surface area (Å²) in [5.41, 5.74) is 4.27. The van der Waals surface area contributed by atoms with E-state index in [9.17, 15) is 4.79 Å². The average molecular weight is 460 g/mol. The Bertz CT molecular complexity index is 1240. The van der Waals surface area contributed by atoms with Gasteiger partial charge in [-0.1, -0.05) is 29.8 Å². The molecular formula is C26H26ClN5O. The summed E-state index contributed by atoms with van der Waals surface area (Å²) in [7, 11) is 0. The van der Waals surface area contributed by atoms with E-state index in [1.54, 1.807) is 0 Å². The molecule has 2 aromatic heterocycles. The fourth-order valence-electron chi connectivity index (χ4n) is 4.28. The zero-order valence-electron chi connectivity index (χ0n) is 18.4. The van der Waals surface area contributed by atoms with E-state index < -0.39 is 0 Å². The zero-order chi connectivity index (χ0) is 22.6. The fraction of sp³-hybridized carbons (Fsp3) is 0.269. The van der Waals surface area contributed by atoms with Crippen LogP contribution in [0.15, 0.2) is 66.7 Å². The molecule has 168 valence electrons. The summed E-state index contributed by atoms with van der Waals surface area (Å²) < 4.78 is 1.81. The van der Waals surface area contributed by atoms with E-state index >= 15 is 0 Å². The Morgan fingerprint density at radius 2 is 1.73 bits per heavy atom. The van der Waals surface area contributed by atoms with Crippen molar-refractivity contribution in [2.75, 3.05) is 25.0 Å². The number of carbonyl (C=O) groups excluding carboxylic acids is 1. The summed E-state index contributed by atoms with van der Waals surface area (Å²) in [4.78, 5) is 19.6. The molecular weight excluding hydrogens is 434 g/mol. The molecule has 7 heteroatoms. The molecule has 6 nitrogen and oxygen atoms in total. The fourth-order valence-corrected chi connectivity index (χ4v) is 4.41. The van der Waals surface area contributed by atoms with Gasteiger partial charge in [0.15, 0.2) is 11.4 Å². The minimum absolute atomic E-state index is 0.194. The van der Waals surface area contributed by atoms with Crippen molar-refractivity contribution >= 4 is 34.7 Å². The summed E-state index contributed by atoms with van der Waals surface area (Å²) in [6.07, 6.45) is 4.07. The van der Waals surface area contributed by atoms with E-state index in [0.29, 0.717) is 17.4 Å². The van der Waals surface area contributed by atoms with Crippen molar-refractivity contribution in [1.82, 2.24) is 19.5 Å². The van der Waals surface area contributed by atoms with Crippen molar-refractivity contribution in [3.8, 4) is 11.3 Å². The summed E-state index contributed by atoms with van der Waals surface area (Å²) in [5, 5.41) is 8.57. The first-order chi connectivity index (χ1) is 16.2. The van der Waals surface area contributed by atoms with Gasteiger partial charge in [0.2, 0.25) is 5.95 Å². The molecule has 1 N–H and O–H groups in total. The van der Waals surface area contributed by atoms with Crippen molar-refractivity contribution in [3.05, 3.63) is 77.3 Å². The van der Waals surface area contributed by atoms with Crippen LogP contribution in [0.25, 0.3) is 16.9 Å². The average Bonchev–Trinajstić information content (AvgIpc) is 3.49. The second-order valence-electron chi connectivity index (χ2n) is 8.40. The molecule has 0 spiro atoms. The van der Waals surface area contributed by atoms with Crippen LogP contribution in [0.5, 0.6) is 0 Å². The number of likely N-dealkylation sites (tertiary alicyclic amines) is 1. The van der Waals surface area contributed by atoms with Gasteiger partial charge in [0.05, 0.1) is 5.69 Å². The third kappa shape index (κ3) is 5.07. The third-order valence-electron chi connectivity index (χ3n) is 6.04. The largest absolute Gasteiger partial charge is 0.323 e. The zero-order valence-corrected chi connectivity index (χ0v) is 19.1. The van der Waals surface area contributed by atoms with Crippen LogP contribution in [0, 0.1) is 0 Å². The number of pyridine rings is 1. The van der Waals surface area contributed by atoms with Crippen molar-refractivity contribution in [1.29, 1.82) is 0 Å². The van der Waals surface area contributed by atoms with E-state index in [1.807, 2.05) is 71.2 Å². The SMILES string of the molecule is O=C(CCCN1CCCC1)c1ccc(Nc2nc3cccc(-c4ccc(Cl)cc4)n3n2)cc1. The van der Waals surface area contributed by atoms with E-state index in [2.05, 4.69) is 20.3 Å². The van der Waals surface area contributed by atoms with E-state index in [0.717, 1.165) is 41.1 Å². The Kier molecular flexibility index (Phi) is 6.37. The molecule has 2 aromatic carbocycles. The number of anilines is 2. The van der Waals surface area contributed by atoms with Gasteiger partial charge in [0.25, 0.3) is 0 Å². The van der Waals surface area contributed by atoms with E-state index in [4.69, 9.17) is 11.6 Å². The second kappa shape index (κ2) is 9.73. The number of fused-ring (bicyclic) bond motifs is 1. The minimum Gasteiger partial charge on any atom is -0.323 e. The lowest BCUT2D eigenvalue weighted by Gasteiger charge is -2.13. The Balaban J connectivity index is 1.25. The van der Waals surface area contributed by atoms with Gasteiger partial charge in [0.1, 0.15) is 0 Å². The molecule has 0 atom stereocenters.